The Balaban J connectivity index is 2.11. The zero-order valence-electron chi connectivity index (χ0n) is 10.3. The molecule has 2 aromatic rings. The fourth-order valence-electron chi connectivity index (χ4n) is 1.83. The van der Waals surface area contributed by atoms with Crippen LogP contribution in [-0.2, 0) is 17.6 Å². The molecular formula is C15H10BrCl2FO. The van der Waals surface area contributed by atoms with Gasteiger partial charge in [-0.05, 0) is 41.5 Å². The molecule has 0 aliphatic carbocycles. The third-order valence-electron chi connectivity index (χ3n) is 2.80. The minimum Gasteiger partial charge on any atom is -0.299 e. The van der Waals surface area contributed by atoms with Gasteiger partial charge < -0.3 is 0 Å². The van der Waals surface area contributed by atoms with Crippen molar-refractivity contribution in [2.75, 3.05) is 0 Å². The van der Waals surface area contributed by atoms with Gasteiger partial charge in [-0.3, -0.25) is 4.79 Å². The number of halogens is 4. The maximum absolute atomic E-state index is 13.2. The summed E-state index contributed by atoms with van der Waals surface area (Å²) >= 11 is 15.1. The lowest BCUT2D eigenvalue weighted by atomic mass is 10.0. The number of Topliss-reactive ketones (excluding diaryl/α,β-unsaturated/α-hetero) is 1. The molecule has 0 heterocycles. The van der Waals surface area contributed by atoms with Crippen molar-refractivity contribution in [1.29, 1.82) is 0 Å². The zero-order valence-corrected chi connectivity index (χ0v) is 13.4. The number of rotatable bonds is 4. The minimum atomic E-state index is -0.361. The van der Waals surface area contributed by atoms with E-state index in [0.717, 1.165) is 4.47 Å². The third kappa shape index (κ3) is 4.05. The number of hydrogen-bond acceptors (Lipinski definition) is 1. The van der Waals surface area contributed by atoms with Crippen LogP contribution < -0.4 is 0 Å². The van der Waals surface area contributed by atoms with E-state index in [1.54, 1.807) is 24.3 Å². The molecule has 2 rings (SSSR count). The number of carbonyl (C=O) groups is 1. The molecule has 0 aromatic heterocycles. The largest absolute Gasteiger partial charge is 0.299 e. The summed E-state index contributed by atoms with van der Waals surface area (Å²) in [6, 6.07) is 9.30. The molecule has 2 aromatic carbocycles. The summed E-state index contributed by atoms with van der Waals surface area (Å²) < 4.78 is 13.9. The molecule has 0 amide bonds. The summed E-state index contributed by atoms with van der Waals surface area (Å²) in [5.41, 5.74) is 1.34. The molecule has 0 unspecified atom stereocenters. The Hall–Kier alpha value is -0.900. The van der Waals surface area contributed by atoms with Crippen molar-refractivity contribution in [3.05, 3.63) is 67.9 Å². The molecule has 0 saturated heterocycles. The average molecular weight is 376 g/mol. The van der Waals surface area contributed by atoms with E-state index in [0.29, 0.717) is 21.2 Å². The summed E-state index contributed by atoms with van der Waals surface area (Å²) in [6.07, 6.45) is 0.344. The molecule has 104 valence electrons. The van der Waals surface area contributed by atoms with Gasteiger partial charge in [0.2, 0.25) is 0 Å². The van der Waals surface area contributed by atoms with Gasteiger partial charge in [0.05, 0.1) is 0 Å². The molecular weight excluding hydrogens is 366 g/mol. The predicted octanol–water partition coefficient (Wildman–Crippen LogP) is 5.25. The van der Waals surface area contributed by atoms with Crippen LogP contribution in [0.15, 0.2) is 40.9 Å². The molecule has 1 nitrogen and oxygen atoms in total. The highest BCUT2D eigenvalue weighted by Crippen LogP contribution is 2.23. The Morgan fingerprint density at radius 1 is 1.05 bits per heavy atom. The summed E-state index contributed by atoms with van der Waals surface area (Å²) in [4.78, 5) is 12.0. The Bertz CT molecular complexity index is 658. The van der Waals surface area contributed by atoms with E-state index >= 15 is 0 Å². The fourth-order valence-corrected chi connectivity index (χ4v) is 2.69. The van der Waals surface area contributed by atoms with Gasteiger partial charge in [-0.25, -0.2) is 4.39 Å². The van der Waals surface area contributed by atoms with Gasteiger partial charge in [0.15, 0.2) is 0 Å². The van der Waals surface area contributed by atoms with Gasteiger partial charge in [-0.2, -0.15) is 0 Å². The summed E-state index contributed by atoms with van der Waals surface area (Å²) in [5.74, 6) is -0.402. The van der Waals surface area contributed by atoms with Crippen LogP contribution in [0.2, 0.25) is 10.0 Å². The van der Waals surface area contributed by atoms with Crippen molar-refractivity contribution in [2.45, 2.75) is 12.8 Å². The van der Waals surface area contributed by atoms with Crippen LogP contribution in [0, 0.1) is 5.82 Å². The average Bonchev–Trinajstić information content (AvgIpc) is 2.37. The molecule has 0 spiro atoms. The van der Waals surface area contributed by atoms with E-state index in [9.17, 15) is 9.18 Å². The summed E-state index contributed by atoms with van der Waals surface area (Å²) in [7, 11) is 0. The highest BCUT2D eigenvalue weighted by Gasteiger charge is 2.11. The van der Waals surface area contributed by atoms with Crippen molar-refractivity contribution in [2.24, 2.45) is 0 Å². The third-order valence-corrected chi connectivity index (χ3v) is 4.16. The number of hydrogen-bond donors (Lipinski definition) is 0. The highest BCUT2D eigenvalue weighted by atomic mass is 79.9. The van der Waals surface area contributed by atoms with Crippen LogP contribution in [0.25, 0.3) is 0 Å². The maximum Gasteiger partial charge on any atom is 0.141 e. The first-order valence-electron chi connectivity index (χ1n) is 5.85. The molecule has 0 fully saturated rings. The second-order valence-electron chi connectivity index (χ2n) is 4.36. The van der Waals surface area contributed by atoms with E-state index in [1.165, 1.54) is 12.1 Å². The zero-order chi connectivity index (χ0) is 14.7. The predicted molar refractivity (Wildman–Crippen MR) is 83.0 cm³/mol. The molecule has 0 atom stereocenters. The van der Waals surface area contributed by atoms with E-state index in [4.69, 9.17) is 23.2 Å². The first-order chi connectivity index (χ1) is 9.45. The number of ketones is 1. The smallest absolute Gasteiger partial charge is 0.141 e. The van der Waals surface area contributed by atoms with Crippen molar-refractivity contribution < 1.29 is 9.18 Å². The first kappa shape index (κ1) is 15.5. The Kier molecular flexibility index (Phi) is 5.19. The van der Waals surface area contributed by atoms with Crippen molar-refractivity contribution >= 4 is 44.9 Å². The van der Waals surface area contributed by atoms with Crippen LogP contribution in [0.4, 0.5) is 4.39 Å². The molecule has 20 heavy (non-hydrogen) atoms. The van der Waals surface area contributed by atoms with Gasteiger partial charge >= 0.3 is 0 Å². The van der Waals surface area contributed by atoms with Gasteiger partial charge in [-0.15, -0.1) is 0 Å². The van der Waals surface area contributed by atoms with Crippen LogP contribution in [-0.4, -0.2) is 5.78 Å². The normalized spacial score (nSPS) is 10.6. The van der Waals surface area contributed by atoms with E-state index in [1.807, 2.05) is 0 Å². The van der Waals surface area contributed by atoms with Gasteiger partial charge in [0.25, 0.3) is 0 Å². The summed E-state index contributed by atoms with van der Waals surface area (Å²) in [5, 5.41) is 0.989. The van der Waals surface area contributed by atoms with Gasteiger partial charge in [-0.1, -0.05) is 45.2 Å². The van der Waals surface area contributed by atoms with E-state index in [2.05, 4.69) is 15.9 Å². The lowest BCUT2D eigenvalue weighted by Crippen LogP contribution is -2.07. The lowest BCUT2D eigenvalue weighted by molar-refractivity contribution is -0.117. The Labute approximate surface area is 134 Å². The van der Waals surface area contributed by atoms with Crippen LogP contribution >= 0.6 is 39.1 Å². The quantitative estimate of drug-likeness (QED) is 0.713. The molecule has 5 heteroatoms. The molecule has 0 aliphatic heterocycles. The maximum atomic E-state index is 13.2. The van der Waals surface area contributed by atoms with Crippen molar-refractivity contribution in [3.63, 3.8) is 0 Å². The topological polar surface area (TPSA) is 17.1 Å². The second kappa shape index (κ2) is 6.70. The molecule has 0 N–H and O–H groups in total. The molecule has 0 saturated carbocycles. The van der Waals surface area contributed by atoms with Crippen LogP contribution in [0.3, 0.4) is 0 Å². The van der Waals surface area contributed by atoms with Gasteiger partial charge in [0.1, 0.15) is 11.6 Å². The second-order valence-corrected chi connectivity index (χ2v) is 6.06. The van der Waals surface area contributed by atoms with Crippen molar-refractivity contribution in [1.82, 2.24) is 0 Å². The van der Waals surface area contributed by atoms with E-state index < -0.39 is 0 Å². The van der Waals surface area contributed by atoms with Crippen molar-refractivity contribution in [3.8, 4) is 0 Å². The minimum absolute atomic E-state index is 0.0412. The fraction of sp³-hybridized carbons (Fsp3) is 0.133. The summed E-state index contributed by atoms with van der Waals surface area (Å²) in [6.45, 7) is 0. The lowest BCUT2D eigenvalue weighted by Gasteiger charge is -2.06. The Morgan fingerprint density at radius 3 is 2.45 bits per heavy atom. The van der Waals surface area contributed by atoms with Crippen LogP contribution in [0.1, 0.15) is 11.1 Å². The monoisotopic (exact) mass is 374 g/mol. The number of benzene rings is 2. The van der Waals surface area contributed by atoms with Crippen LogP contribution in [0.5, 0.6) is 0 Å². The van der Waals surface area contributed by atoms with E-state index in [-0.39, 0.29) is 24.4 Å². The molecule has 0 radical (unpaired) electrons. The molecule has 0 aliphatic rings. The molecule has 0 bridgehead atoms. The standard InChI is InChI=1S/C15H10BrCl2FO/c16-14-4-3-12(19)5-10(14)7-13(20)6-9-1-2-11(17)8-15(9)18/h1-5,8H,6-7H2. The van der Waals surface area contributed by atoms with Gasteiger partial charge in [0, 0.05) is 27.4 Å². The number of carbonyl (C=O) groups excluding carboxylic acids is 1. The SMILES string of the molecule is O=C(Cc1ccc(Cl)cc1Cl)Cc1cc(F)ccc1Br. The first-order valence-corrected chi connectivity index (χ1v) is 7.40. The Morgan fingerprint density at radius 2 is 1.75 bits per heavy atom. The highest BCUT2D eigenvalue weighted by molar-refractivity contribution is 9.10.